The van der Waals surface area contributed by atoms with Crippen molar-refractivity contribution in [1.82, 2.24) is 5.48 Å². The van der Waals surface area contributed by atoms with E-state index < -0.39 is 6.43 Å². The monoisotopic (exact) mass is 247 g/mol. The van der Waals surface area contributed by atoms with Crippen LogP contribution in [0.4, 0.5) is 8.78 Å². The highest BCUT2D eigenvalue weighted by molar-refractivity contribution is 5.47. The lowest BCUT2D eigenvalue weighted by Gasteiger charge is -2.14. The summed E-state index contributed by atoms with van der Waals surface area (Å²) in [6.45, 7) is 0.267. The van der Waals surface area contributed by atoms with Crippen LogP contribution in [0.2, 0.25) is 0 Å². The molecule has 4 nitrogen and oxygen atoms in total. The number of methoxy groups -OCH3 is 2. The molecule has 1 rings (SSSR count). The van der Waals surface area contributed by atoms with E-state index in [0.29, 0.717) is 11.3 Å². The number of hydrogen-bond acceptors (Lipinski definition) is 4. The van der Waals surface area contributed by atoms with Crippen LogP contribution >= 0.6 is 0 Å². The van der Waals surface area contributed by atoms with E-state index in [0.717, 1.165) is 0 Å². The van der Waals surface area contributed by atoms with Gasteiger partial charge in [0, 0.05) is 18.2 Å². The molecule has 0 saturated carbocycles. The highest BCUT2D eigenvalue weighted by Gasteiger charge is 2.17. The highest BCUT2D eigenvalue weighted by Crippen LogP contribution is 2.34. The third kappa shape index (κ3) is 3.28. The number of ether oxygens (including phenoxy) is 2. The summed E-state index contributed by atoms with van der Waals surface area (Å²) in [7, 11) is 4.25. The van der Waals surface area contributed by atoms with E-state index in [1.165, 1.54) is 33.5 Å². The van der Waals surface area contributed by atoms with Crippen molar-refractivity contribution in [2.75, 3.05) is 21.3 Å². The first-order valence-corrected chi connectivity index (χ1v) is 4.92. The fraction of sp³-hybridized carbons (Fsp3) is 0.455. The smallest absolute Gasteiger partial charge is 0.267 e. The number of hydroxylamine groups is 1. The van der Waals surface area contributed by atoms with Crippen molar-refractivity contribution in [1.29, 1.82) is 0 Å². The van der Waals surface area contributed by atoms with Gasteiger partial charge in [-0.25, -0.2) is 8.78 Å². The van der Waals surface area contributed by atoms with Crippen LogP contribution in [0.25, 0.3) is 0 Å². The van der Waals surface area contributed by atoms with Gasteiger partial charge in [0.05, 0.1) is 26.9 Å². The first-order chi connectivity index (χ1) is 8.13. The van der Waals surface area contributed by atoms with Gasteiger partial charge in [0.15, 0.2) is 0 Å². The number of halogens is 2. The average molecular weight is 247 g/mol. The van der Waals surface area contributed by atoms with E-state index in [2.05, 4.69) is 10.3 Å². The quantitative estimate of drug-likeness (QED) is 0.783. The molecule has 96 valence electrons. The second kappa shape index (κ2) is 6.36. The van der Waals surface area contributed by atoms with Crippen molar-refractivity contribution < 1.29 is 23.1 Å². The lowest BCUT2D eigenvalue weighted by molar-refractivity contribution is 0.0859. The molecule has 0 fully saturated rings. The molecule has 0 aliphatic carbocycles. The van der Waals surface area contributed by atoms with Gasteiger partial charge in [0.1, 0.15) is 11.5 Å². The SMILES string of the molecule is CONCc1cc(C(F)F)c(OC)cc1OC. The number of hydrogen-bond donors (Lipinski definition) is 1. The first-order valence-electron chi connectivity index (χ1n) is 4.92. The fourth-order valence-corrected chi connectivity index (χ4v) is 1.45. The molecular formula is C11H15F2NO3. The van der Waals surface area contributed by atoms with Crippen LogP contribution in [0.3, 0.4) is 0 Å². The van der Waals surface area contributed by atoms with E-state index in [1.54, 1.807) is 0 Å². The molecule has 0 spiro atoms. The zero-order valence-electron chi connectivity index (χ0n) is 9.92. The van der Waals surface area contributed by atoms with Gasteiger partial charge in [-0.15, -0.1) is 0 Å². The predicted octanol–water partition coefficient (Wildman–Crippen LogP) is 2.29. The Kier molecular flexibility index (Phi) is 5.11. The predicted molar refractivity (Wildman–Crippen MR) is 58.4 cm³/mol. The maximum Gasteiger partial charge on any atom is 0.267 e. The van der Waals surface area contributed by atoms with Crippen LogP contribution in [0.5, 0.6) is 11.5 Å². The van der Waals surface area contributed by atoms with E-state index in [9.17, 15) is 8.78 Å². The third-order valence-electron chi connectivity index (χ3n) is 2.27. The van der Waals surface area contributed by atoms with Crippen LogP contribution in [-0.4, -0.2) is 21.3 Å². The molecule has 0 aromatic heterocycles. The molecule has 0 aliphatic rings. The van der Waals surface area contributed by atoms with Crippen molar-refractivity contribution in [3.8, 4) is 11.5 Å². The zero-order valence-corrected chi connectivity index (χ0v) is 9.92. The molecule has 1 N–H and O–H groups in total. The Bertz CT molecular complexity index is 372. The number of nitrogens with one attached hydrogen (secondary N) is 1. The molecule has 1 aromatic carbocycles. The van der Waals surface area contributed by atoms with Crippen molar-refractivity contribution in [2.45, 2.75) is 13.0 Å². The van der Waals surface area contributed by atoms with Crippen LogP contribution in [0.1, 0.15) is 17.6 Å². The molecule has 0 unspecified atom stereocenters. The van der Waals surface area contributed by atoms with E-state index in [4.69, 9.17) is 9.47 Å². The summed E-state index contributed by atoms with van der Waals surface area (Å²) in [5.74, 6) is 0.578. The van der Waals surface area contributed by atoms with Crippen molar-refractivity contribution in [3.63, 3.8) is 0 Å². The minimum absolute atomic E-state index is 0.109. The number of rotatable bonds is 6. The van der Waals surface area contributed by atoms with Crippen LogP contribution < -0.4 is 15.0 Å². The molecule has 0 heterocycles. The van der Waals surface area contributed by atoms with Gasteiger partial charge in [-0.05, 0) is 6.07 Å². The second-order valence-electron chi connectivity index (χ2n) is 3.23. The number of alkyl halides is 2. The van der Waals surface area contributed by atoms with Gasteiger partial charge in [0.2, 0.25) is 0 Å². The molecule has 6 heteroatoms. The minimum Gasteiger partial charge on any atom is -0.496 e. The van der Waals surface area contributed by atoms with Gasteiger partial charge < -0.3 is 14.3 Å². The zero-order chi connectivity index (χ0) is 12.8. The molecule has 0 saturated heterocycles. The third-order valence-corrected chi connectivity index (χ3v) is 2.27. The lowest BCUT2D eigenvalue weighted by Crippen LogP contribution is -2.12. The molecule has 17 heavy (non-hydrogen) atoms. The number of benzene rings is 1. The standard InChI is InChI=1S/C11H15F2NO3/c1-15-9-5-10(16-2)8(11(12)13)4-7(9)6-14-17-3/h4-5,11,14H,6H2,1-3H3. The summed E-state index contributed by atoms with van der Waals surface area (Å²) in [6.07, 6.45) is -2.60. The van der Waals surface area contributed by atoms with Crippen molar-refractivity contribution in [3.05, 3.63) is 23.3 Å². The fourth-order valence-electron chi connectivity index (χ4n) is 1.45. The Morgan fingerprint density at radius 1 is 1.12 bits per heavy atom. The Morgan fingerprint density at radius 2 is 1.76 bits per heavy atom. The van der Waals surface area contributed by atoms with Gasteiger partial charge >= 0.3 is 0 Å². The minimum atomic E-state index is -2.60. The molecule has 1 aromatic rings. The summed E-state index contributed by atoms with van der Waals surface area (Å²) in [6, 6.07) is 2.78. The largest absolute Gasteiger partial charge is 0.496 e. The maximum atomic E-state index is 12.8. The van der Waals surface area contributed by atoms with E-state index in [-0.39, 0.29) is 17.9 Å². The molecule has 0 radical (unpaired) electrons. The summed E-state index contributed by atoms with van der Waals surface area (Å²) in [5, 5.41) is 0. The summed E-state index contributed by atoms with van der Waals surface area (Å²) in [4.78, 5) is 4.68. The first kappa shape index (κ1) is 13.7. The Morgan fingerprint density at radius 3 is 2.24 bits per heavy atom. The molecule has 0 bridgehead atoms. The topological polar surface area (TPSA) is 39.7 Å². The summed E-state index contributed by atoms with van der Waals surface area (Å²) in [5.41, 5.74) is 2.99. The lowest BCUT2D eigenvalue weighted by atomic mass is 10.1. The van der Waals surface area contributed by atoms with Crippen LogP contribution in [0.15, 0.2) is 12.1 Å². The van der Waals surface area contributed by atoms with Crippen LogP contribution in [-0.2, 0) is 11.4 Å². The summed E-state index contributed by atoms with van der Waals surface area (Å²) < 4.78 is 35.6. The van der Waals surface area contributed by atoms with Gasteiger partial charge in [-0.1, -0.05) is 0 Å². The van der Waals surface area contributed by atoms with Gasteiger partial charge in [-0.2, -0.15) is 5.48 Å². The Balaban J connectivity index is 3.14. The Labute approximate surface area is 98.4 Å². The van der Waals surface area contributed by atoms with E-state index in [1.807, 2.05) is 0 Å². The van der Waals surface area contributed by atoms with Crippen molar-refractivity contribution >= 4 is 0 Å². The van der Waals surface area contributed by atoms with Crippen molar-refractivity contribution in [2.24, 2.45) is 0 Å². The normalized spacial score (nSPS) is 10.7. The average Bonchev–Trinajstić information content (AvgIpc) is 2.34. The molecule has 0 atom stereocenters. The Hall–Kier alpha value is -1.40. The molecular weight excluding hydrogens is 232 g/mol. The van der Waals surface area contributed by atoms with Crippen LogP contribution in [0, 0.1) is 0 Å². The van der Waals surface area contributed by atoms with Gasteiger partial charge in [-0.3, -0.25) is 0 Å². The molecule has 0 amide bonds. The maximum absolute atomic E-state index is 12.8. The summed E-state index contributed by atoms with van der Waals surface area (Å²) >= 11 is 0. The van der Waals surface area contributed by atoms with Gasteiger partial charge in [0.25, 0.3) is 6.43 Å². The highest BCUT2D eigenvalue weighted by atomic mass is 19.3. The second-order valence-corrected chi connectivity index (χ2v) is 3.23. The molecule has 0 aliphatic heterocycles. The van der Waals surface area contributed by atoms with E-state index >= 15 is 0 Å².